The summed E-state index contributed by atoms with van der Waals surface area (Å²) in [5.74, 6) is 0. The molecule has 0 aliphatic heterocycles. The number of hydrogen-bond donors (Lipinski definition) is 0. The summed E-state index contributed by atoms with van der Waals surface area (Å²) in [6.07, 6.45) is 12.8. The van der Waals surface area contributed by atoms with E-state index in [0.717, 1.165) is 0 Å². The average molecular weight is 838 g/mol. The third-order valence-corrected chi connectivity index (χ3v) is 63.0. The second kappa shape index (κ2) is 10.4. The van der Waals surface area contributed by atoms with E-state index in [1.807, 2.05) is 0 Å². The summed E-state index contributed by atoms with van der Waals surface area (Å²) in [7, 11) is -2.69. The Morgan fingerprint density at radius 3 is 1.30 bits per heavy atom. The van der Waals surface area contributed by atoms with E-state index in [0.29, 0.717) is 7.35 Å². The van der Waals surface area contributed by atoms with Gasteiger partial charge in [0.2, 0.25) is 0 Å². The zero-order valence-electron chi connectivity index (χ0n) is 30.9. The van der Waals surface area contributed by atoms with E-state index in [-0.39, 0.29) is 0 Å². The van der Waals surface area contributed by atoms with Crippen LogP contribution in [0.3, 0.4) is 0 Å². The average Bonchev–Trinajstić information content (AvgIpc) is 3.67. The number of rotatable bonds is 9. The van der Waals surface area contributed by atoms with Gasteiger partial charge in [-0.25, -0.2) is 0 Å². The quantitative estimate of drug-likeness (QED) is 0.147. The third kappa shape index (κ3) is 5.73. The molecule has 47 heavy (non-hydrogen) atoms. The maximum atomic E-state index is 2.84. The third-order valence-electron chi connectivity index (χ3n) is 12.8. The molecule has 0 saturated heterocycles. The summed E-state index contributed by atoms with van der Waals surface area (Å²) in [5, 5.41) is 3.05. The van der Waals surface area contributed by atoms with E-state index in [1.165, 1.54) is 60.8 Å². The molecule has 0 fully saturated rings. The predicted octanol–water partition coefficient (Wildman–Crippen LogP) is 11.6. The number of fused-ring (bicyclic) bond motifs is 2. The van der Waals surface area contributed by atoms with E-state index in [1.54, 1.807) is 11.1 Å². The molecule has 0 spiro atoms. The van der Waals surface area contributed by atoms with Crippen LogP contribution in [0.4, 0.5) is 0 Å². The molecule has 4 aromatic rings. The molecule has 0 bridgehead atoms. The second-order valence-corrected chi connectivity index (χ2v) is 113. The van der Waals surface area contributed by atoms with Crippen LogP contribution in [0, 0.1) is 0 Å². The predicted molar refractivity (Wildman–Crippen MR) is 219 cm³/mol. The van der Waals surface area contributed by atoms with Gasteiger partial charge in [-0.3, -0.25) is 0 Å². The van der Waals surface area contributed by atoms with Gasteiger partial charge in [0.25, 0.3) is 0 Å². The van der Waals surface area contributed by atoms with Gasteiger partial charge < -0.3 is 0 Å². The number of hydrogen-bond acceptors (Lipinski definition) is 0. The minimum atomic E-state index is -4.93. The van der Waals surface area contributed by atoms with Gasteiger partial charge in [-0.05, 0) is 0 Å². The zero-order valence-corrected chi connectivity index (χ0v) is 37.9. The van der Waals surface area contributed by atoms with Crippen molar-refractivity contribution in [1.82, 2.24) is 0 Å². The number of allylic oxidation sites excluding steroid dienone is 2. The van der Waals surface area contributed by atoms with Crippen LogP contribution in [0.25, 0.3) is 34.4 Å². The van der Waals surface area contributed by atoms with Crippen molar-refractivity contribution in [2.75, 3.05) is 0 Å². The summed E-state index contributed by atoms with van der Waals surface area (Å²) in [5.41, 5.74) is 11.5. The van der Waals surface area contributed by atoms with E-state index in [9.17, 15) is 0 Å². The Balaban J connectivity index is 1.50. The summed E-state index contributed by atoms with van der Waals surface area (Å²) >= 11 is -4.93. The topological polar surface area (TPSA) is 0 Å². The molecular weight excluding hydrogens is 779 g/mol. The maximum absolute atomic E-state index is 4.93. The van der Waals surface area contributed by atoms with Crippen LogP contribution in [0.2, 0.25) is 57.5 Å². The van der Waals surface area contributed by atoms with Crippen molar-refractivity contribution in [3.8, 4) is 22.3 Å². The van der Waals surface area contributed by atoms with E-state index in [2.05, 4.69) is 176 Å². The van der Waals surface area contributed by atoms with Gasteiger partial charge in [0.05, 0.1) is 0 Å². The first kappa shape index (κ1) is 34.7. The minimum absolute atomic E-state index is 0.431. The normalized spacial score (nSPS) is 19.8. The Morgan fingerprint density at radius 1 is 0.574 bits per heavy atom. The van der Waals surface area contributed by atoms with Crippen LogP contribution in [0.5, 0.6) is 0 Å². The zero-order chi connectivity index (χ0) is 34.2. The van der Waals surface area contributed by atoms with Crippen LogP contribution < -0.4 is 10.4 Å². The van der Waals surface area contributed by atoms with Gasteiger partial charge in [-0.15, -0.1) is 0 Å². The molecule has 0 nitrogen and oxygen atoms in total. The second-order valence-electron chi connectivity index (χ2n) is 20.6. The Bertz CT molecular complexity index is 1920. The van der Waals surface area contributed by atoms with Crippen LogP contribution in [0.1, 0.15) is 49.4 Å². The van der Waals surface area contributed by atoms with Crippen molar-refractivity contribution in [2.45, 2.75) is 84.6 Å². The van der Waals surface area contributed by atoms with Crippen molar-refractivity contribution >= 4 is 45.6 Å². The van der Waals surface area contributed by atoms with Gasteiger partial charge >= 0.3 is 286 Å². The standard InChI is InChI=1S/2C18H19Si.C4H9.3CH3.Hf.H2Si/c2*1-19(2,3)16-12-10-15(11-13-16)18-9-5-7-14-6-4-8-17(14)18;1-3-4-2;;;;;/h2*4-13H,1-3H3;1,3-4H2,2H3;3*1H3;;1H2. The van der Waals surface area contributed by atoms with Crippen molar-refractivity contribution in [3.05, 3.63) is 119 Å². The molecule has 0 aromatic heterocycles. The Labute approximate surface area is 283 Å². The molecule has 0 radical (unpaired) electrons. The summed E-state index contributed by atoms with van der Waals surface area (Å²) in [6, 6.07) is 33.4. The van der Waals surface area contributed by atoms with E-state index < -0.39 is 30.3 Å². The first-order valence-corrected chi connectivity index (χ1v) is 50.9. The molecule has 4 heteroatoms. The number of benzene rings is 4. The molecule has 0 N–H and O–H groups in total. The van der Waals surface area contributed by atoms with Gasteiger partial charge in [0, 0.05) is 0 Å². The molecule has 2 aliphatic rings. The molecule has 4 aromatic carbocycles. The molecule has 0 amide bonds. The van der Waals surface area contributed by atoms with E-state index >= 15 is 0 Å². The SMILES string of the molecule is CCC[CH2][Hf]([CH3])([CH3])([CH3])(=[SiH2])([CH]1C=Cc2c(-c3ccc([Si](C)(C)C)cc3)cccc21)[CH]1C=Cc2c(-c3ccc([Si](C)(C)C)cc3)cccc21. The molecule has 0 saturated carbocycles. The van der Waals surface area contributed by atoms with Crippen LogP contribution in [-0.2, 0) is 14.2 Å². The molecule has 2 aliphatic carbocycles. The fourth-order valence-electron chi connectivity index (χ4n) is 9.53. The molecule has 2 unspecified atom stereocenters. The van der Waals surface area contributed by atoms with Crippen molar-refractivity contribution in [1.29, 1.82) is 0 Å². The first-order valence-electron chi connectivity index (χ1n) is 18.1. The van der Waals surface area contributed by atoms with Crippen LogP contribution in [0.15, 0.2) is 97.1 Å². The fraction of sp³-hybridized carbons (Fsp3) is 0.349. The van der Waals surface area contributed by atoms with Crippen molar-refractivity contribution in [3.63, 3.8) is 0 Å². The monoisotopic (exact) mass is 838 g/mol. The van der Waals surface area contributed by atoms with Crippen LogP contribution in [-0.4, -0.2) is 23.1 Å². The summed E-state index contributed by atoms with van der Waals surface area (Å²) < 4.78 is 10.7. The van der Waals surface area contributed by atoms with E-state index in [4.69, 9.17) is 0 Å². The summed E-state index contributed by atoms with van der Waals surface area (Å²) in [6.45, 7) is 19.5. The fourth-order valence-corrected chi connectivity index (χ4v) is 51.4. The summed E-state index contributed by atoms with van der Waals surface area (Å²) in [4.78, 5) is 0. The van der Waals surface area contributed by atoms with Gasteiger partial charge in [-0.1, -0.05) is 0 Å². The Kier molecular flexibility index (Phi) is 7.72. The molecule has 2 atom stereocenters. The molecular formula is C43H58HfSi3. The van der Waals surface area contributed by atoms with Crippen molar-refractivity contribution < 1.29 is 14.2 Å². The van der Waals surface area contributed by atoms with Gasteiger partial charge in [-0.2, -0.15) is 0 Å². The Hall–Kier alpha value is -2.12. The van der Waals surface area contributed by atoms with Gasteiger partial charge in [0.1, 0.15) is 0 Å². The van der Waals surface area contributed by atoms with Crippen molar-refractivity contribution in [2.24, 2.45) is 0 Å². The number of unbranched alkanes of at least 4 members (excludes halogenated alkanes) is 1. The van der Waals surface area contributed by atoms with Gasteiger partial charge in [0.15, 0.2) is 0 Å². The first-order chi connectivity index (χ1) is 21.7. The molecule has 0 heterocycles. The van der Waals surface area contributed by atoms with Crippen LogP contribution >= 0.6 is 0 Å². The Morgan fingerprint density at radius 2 is 0.957 bits per heavy atom. The molecule has 246 valence electrons. The molecule has 6 rings (SSSR count).